The van der Waals surface area contributed by atoms with E-state index in [0.29, 0.717) is 33.8 Å². The zero-order valence-corrected chi connectivity index (χ0v) is 16.9. The number of nitrogens with zero attached hydrogens (tertiary/aromatic N) is 2. The highest BCUT2D eigenvalue weighted by Gasteiger charge is 2.14. The van der Waals surface area contributed by atoms with Crippen molar-refractivity contribution in [2.45, 2.75) is 20.8 Å². The van der Waals surface area contributed by atoms with Gasteiger partial charge in [0, 0.05) is 5.69 Å². The molecule has 6 nitrogen and oxygen atoms in total. The number of hydrogen-bond acceptors (Lipinski definition) is 5. The van der Waals surface area contributed by atoms with Gasteiger partial charge in [-0.15, -0.1) is 0 Å². The number of halogens is 1. The van der Waals surface area contributed by atoms with Gasteiger partial charge in [-0.3, -0.25) is 4.79 Å². The molecule has 144 valence electrons. The van der Waals surface area contributed by atoms with Crippen molar-refractivity contribution in [3.05, 3.63) is 70.0 Å². The highest BCUT2D eigenvalue weighted by molar-refractivity contribution is 6.33. The predicted octanol–water partition coefficient (Wildman–Crippen LogP) is 5.06. The van der Waals surface area contributed by atoms with E-state index in [1.165, 1.54) is 0 Å². The number of rotatable bonds is 5. The summed E-state index contributed by atoms with van der Waals surface area (Å²) in [6.45, 7) is 5.73. The van der Waals surface area contributed by atoms with E-state index in [4.69, 9.17) is 16.3 Å². The lowest BCUT2D eigenvalue weighted by Crippen LogP contribution is -2.16. The standard InChI is InChI=1S/C21H21ClN4O2/c1-12-9-13(2)19(15(22)10-12)26-21-23-14(3)11-17(25-21)20(27)24-16-7-5-6-8-18(16)28-4/h5-11H,1-4H3,(H,24,27)(H,23,25,26). The number of para-hydroxylation sites is 2. The Morgan fingerprint density at radius 2 is 1.82 bits per heavy atom. The molecule has 3 rings (SSSR count). The van der Waals surface area contributed by atoms with Crippen molar-refractivity contribution in [1.29, 1.82) is 0 Å². The van der Waals surface area contributed by atoms with Gasteiger partial charge in [-0.05, 0) is 56.2 Å². The number of benzene rings is 2. The van der Waals surface area contributed by atoms with Crippen molar-refractivity contribution in [3.8, 4) is 5.75 Å². The minimum atomic E-state index is -0.357. The van der Waals surface area contributed by atoms with Crippen LogP contribution in [0.25, 0.3) is 0 Å². The van der Waals surface area contributed by atoms with Gasteiger partial charge < -0.3 is 15.4 Å². The number of aromatic nitrogens is 2. The maximum Gasteiger partial charge on any atom is 0.274 e. The van der Waals surface area contributed by atoms with Crippen molar-refractivity contribution < 1.29 is 9.53 Å². The number of amides is 1. The summed E-state index contributed by atoms with van der Waals surface area (Å²) < 4.78 is 5.27. The van der Waals surface area contributed by atoms with Crippen LogP contribution >= 0.6 is 11.6 Å². The molecule has 0 unspecified atom stereocenters. The number of aryl methyl sites for hydroxylation is 3. The molecule has 0 aliphatic carbocycles. The Kier molecular flexibility index (Phi) is 5.80. The molecule has 0 saturated heterocycles. The Balaban J connectivity index is 1.88. The molecular formula is C21H21ClN4O2. The van der Waals surface area contributed by atoms with Crippen LogP contribution in [0.5, 0.6) is 5.75 Å². The Labute approximate surface area is 168 Å². The highest BCUT2D eigenvalue weighted by atomic mass is 35.5. The van der Waals surface area contributed by atoms with Gasteiger partial charge in [0.05, 0.1) is 23.5 Å². The topological polar surface area (TPSA) is 76.1 Å². The first-order valence-corrected chi connectivity index (χ1v) is 9.09. The van der Waals surface area contributed by atoms with Crippen molar-refractivity contribution in [2.75, 3.05) is 17.7 Å². The van der Waals surface area contributed by atoms with Gasteiger partial charge in [-0.25, -0.2) is 9.97 Å². The van der Waals surface area contributed by atoms with E-state index >= 15 is 0 Å². The second kappa shape index (κ2) is 8.27. The summed E-state index contributed by atoms with van der Waals surface area (Å²) in [7, 11) is 1.55. The number of anilines is 3. The predicted molar refractivity (Wildman–Crippen MR) is 112 cm³/mol. The number of nitrogens with one attached hydrogen (secondary N) is 2. The fourth-order valence-corrected chi connectivity index (χ4v) is 3.23. The van der Waals surface area contributed by atoms with Gasteiger partial charge >= 0.3 is 0 Å². The fraction of sp³-hybridized carbons (Fsp3) is 0.190. The zero-order chi connectivity index (χ0) is 20.3. The van der Waals surface area contributed by atoms with E-state index in [1.807, 2.05) is 38.1 Å². The molecule has 2 aromatic carbocycles. The Hall–Kier alpha value is -3.12. The first-order chi connectivity index (χ1) is 13.4. The van der Waals surface area contributed by atoms with Crippen LogP contribution in [0.2, 0.25) is 5.02 Å². The number of hydrogen-bond donors (Lipinski definition) is 2. The summed E-state index contributed by atoms with van der Waals surface area (Å²) in [6.07, 6.45) is 0. The fourth-order valence-electron chi connectivity index (χ4n) is 2.86. The highest BCUT2D eigenvalue weighted by Crippen LogP contribution is 2.29. The summed E-state index contributed by atoms with van der Waals surface area (Å²) >= 11 is 6.36. The van der Waals surface area contributed by atoms with Crippen molar-refractivity contribution in [2.24, 2.45) is 0 Å². The molecule has 0 fully saturated rings. The molecular weight excluding hydrogens is 376 g/mol. The van der Waals surface area contributed by atoms with Crippen molar-refractivity contribution in [1.82, 2.24) is 9.97 Å². The molecule has 0 radical (unpaired) electrons. The monoisotopic (exact) mass is 396 g/mol. The molecule has 0 bridgehead atoms. The van der Waals surface area contributed by atoms with Crippen LogP contribution in [-0.4, -0.2) is 23.0 Å². The zero-order valence-electron chi connectivity index (χ0n) is 16.1. The third-order valence-electron chi connectivity index (χ3n) is 4.11. The molecule has 0 saturated carbocycles. The Morgan fingerprint density at radius 3 is 2.54 bits per heavy atom. The van der Waals surface area contributed by atoms with E-state index in [0.717, 1.165) is 11.1 Å². The molecule has 2 N–H and O–H groups in total. The molecule has 0 spiro atoms. The minimum absolute atomic E-state index is 0.238. The Morgan fingerprint density at radius 1 is 1.07 bits per heavy atom. The minimum Gasteiger partial charge on any atom is -0.495 e. The van der Waals surface area contributed by atoms with Crippen LogP contribution in [0, 0.1) is 20.8 Å². The summed E-state index contributed by atoms with van der Waals surface area (Å²) in [6, 6.07) is 12.7. The summed E-state index contributed by atoms with van der Waals surface area (Å²) in [5.74, 6) is 0.519. The first kappa shape index (κ1) is 19.6. The van der Waals surface area contributed by atoms with Gasteiger partial charge in [0.1, 0.15) is 11.4 Å². The van der Waals surface area contributed by atoms with Gasteiger partial charge in [-0.2, -0.15) is 0 Å². The van der Waals surface area contributed by atoms with Crippen LogP contribution in [0.4, 0.5) is 17.3 Å². The van der Waals surface area contributed by atoms with Gasteiger partial charge in [-0.1, -0.05) is 29.8 Å². The largest absolute Gasteiger partial charge is 0.495 e. The quantitative estimate of drug-likeness (QED) is 0.630. The second-order valence-electron chi connectivity index (χ2n) is 6.44. The summed E-state index contributed by atoms with van der Waals surface area (Å²) in [4.78, 5) is 21.4. The van der Waals surface area contributed by atoms with Gasteiger partial charge in [0.15, 0.2) is 0 Å². The second-order valence-corrected chi connectivity index (χ2v) is 6.84. The average Bonchev–Trinajstić information content (AvgIpc) is 2.64. The van der Waals surface area contributed by atoms with Crippen LogP contribution < -0.4 is 15.4 Å². The van der Waals surface area contributed by atoms with Crippen LogP contribution in [0.15, 0.2) is 42.5 Å². The molecule has 7 heteroatoms. The summed E-state index contributed by atoms with van der Waals surface area (Å²) in [5.41, 5.74) is 4.21. The molecule has 3 aromatic rings. The van der Waals surface area contributed by atoms with E-state index in [2.05, 4.69) is 20.6 Å². The van der Waals surface area contributed by atoms with E-state index < -0.39 is 0 Å². The SMILES string of the molecule is COc1ccccc1NC(=O)c1cc(C)nc(Nc2c(C)cc(C)cc2Cl)n1. The smallest absolute Gasteiger partial charge is 0.274 e. The van der Waals surface area contributed by atoms with Crippen LogP contribution in [-0.2, 0) is 0 Å². The van der Waals surface area contributed by atoms with Crippen LogP contribution in [0.1, 0.15) is 27.3 Å². The lowest BCUT2D eigenvalue weighted by Gasteiger charge is -2.13. The third-order valence-corrected chi connectivity index (χ3v) is 4.41. The Bertz CT molecular complexity index is 1010. The molecule has 1 heterocycles. The van der Waals surface area contributed by atoms with Crippen LogP contribution in [0.3, 0.4) is 0 Å². The maximum absolute atomic E-state index is 12.7. The molecule has 0 atom stereocenters. The third kappa shape index (κ3) is 4.40. The lowest BCUT2D eigenvalue weighted by atomic mass is 10.1. The molecule has 1 amide bonds. The number of methoxy groups -OCH3 is 1. The van der Waals surface area contributed by atoms with Gasteiger partial charge in [0.25, 0.3) is 5.91 Å². The van der Waals surface area contributed by atoms with Crippen molar-refractivity contribution in [3.63, 3.8) is 0 Å². The summed E-state index contributed by atoms with van der Waals surface area (Å²) in [5, 5.41) is 6.52. The molecule has 1 aromatic heterocycles. The van der Waals surface area contributed by atoms with E-state index in [-0.39, 0.29) is 11.6 Å². The lowest BCUT2D eigenvalue weighted by molar-refractivity contribution is 0.102. The van der Waals surface area contributed by atoms with E-state index in [1.54, 1.807) is 32.2 Å². The molecule has 0 aliphatic rings. The number of carbonyl (C=O) groups excluding carboxylic acids is 1. The first-order valence-electron chi connectivity index (χ1n) is 8.71. The molecule has 28 heavy (non-hydrogen) atoms. The normalized spacial score (nSPS) is 10.5. The average molecular weight is 397 g/mol. The van der Waals surface area contributed by atoms with Crippen molar-refractivity contribution >= 4 is 34.8 Å². The maximum atomic E-state index is 12.7. The van der Waals surface area contributed by atoms with E-state index in [9.17, 15) is 4.79 Å². The molecule has 0 aliphatic heterocycles. The number of ether oxygens (including phenoxy) is 1. The number of carbonyl (C=O) groups is 1. The van der Waals surface area contributed by atoms with Gasteiger partial charge in [0.2, 0.25) is 5.95 Å².